The summed E-state index contributed by atoms with van der Waals surface area (Å²) in [4.78, 5) is 16.8. The predicted molar refractivity (Wildman–Crippen MR) is 83.4 cm³/mol. The van der Waals surface area contributed by atoms with Crippen LogP contribution >= 0.6 is 0 Å². The van der Waals surface area contributed by atoms with Crippen LogP contribution in [0.2, 0.25) is 0 Å². The Kier molecular flexibility index (Phi) is 3.86. The normalized spacial score (nSPS) is 14.7. The van der Waals surface area contributed by atoms with Crippen molar-refractivity contribution in [3.05, 3.63) is 59.4 Å². The first-order chi connectivity index (χ1) is 10.3. The number of hydrogen-bond donors (Lipinski definition) is 2. The molecule has 0 fully saturated rings. The summed E-state index contributed by atoms with van der Waals surface area (Å²) < 4.78 is 0. The molecule has 2 heterocycles. The van der Waals surface area contributed by atoms with Crippen LogP contribution in [0.5, 0.6) is 0 Å². The maximum absolute atomic E-state index is 12.5. The predicted octanol–water partition coefficient (Wildman–Crippen LogP) is 2.93. The van der Waals surface area contributed by atoms with Gasteiger partial charge in [-0.25, -0.2) is 0 Å². The molecule has 0 unspecified atom stereocenters. The SMILES string of the molecule is C[C@@H](NC(=O)c1cccc2c1CCCN2)c1ccccn1. The highest BCUT2D eigenvalue weighted by Crippen LogP contribution is 2.25. The fourth-order valence-electron chi connectivity index (χ4n) is 2.70. The molecule has 1 aliphatic heterocycles. The lowest BCUT2D eigenvalue weighted by atomic mass is 9.97. The Hall–Kier alpha value is -2.36. The maximum atomic E-state index is 12.5. The minimum absolute atomic E-state index is 0.0336. The van der Waals surface area contributed by atoms with Crippen LogP contribution in [0.25, 0.3) is 0 Å². The molecule has 0 bridgehead atoms. The molecule has 1 aromatic heterocycles. The number of fused-ring (bicyclic) bond motifs is 1. The number of pyridine rings is 1. The first-order valence-electron chi connectivity index (χ1n) is 7.33. The number of rotatable bonds is 3. The van der Waals surface area contributed by atoms with Gasteiger partial charge in [0.25, 0.3) is 5.91 Å². The van der Waals surface area contributed by atoms with Gasteiger partial charge in [-0.2, -0.15) is 0 Å². The van der Waals surface area contributed by atoms with E-state index in [4.69, 9.17) is 0 Å². The van der Waals surface area contributed by atoms with Crippen molar-refractivity contribution < 1.29 is 4.79 Å². The standard InChI is InChI=1S/C17H19N3O/c1-12(15-8-2-3-10-18-15)20-17(21)14-6-4-9-16-13(14)7-5-11-19-16/h2-4,6,8-10,12,19H,5,7,11H2,1H3,(H,20,21)/t12-/m1/s1. The number of aromatic nitrogens is 1. The number of nitrogens with one attached hydrogen (secondary N) is 2. The molecule has 0 spiro atoms. The summed E-state index contributed by atoms with van der Waals surface area (Å²) in [5, 5.41) is 6.38. The zero-order chi connectivity index (χ0) is 14.7. The number of carbonyl (C=O) groups is 1. The molecule has 0 saturated heterocycles. The molecule has 21 heavy (non-hydrogen) atoms. The van der Waals surface area contributed by atoms with Gasteiger partial charge in [-0.1, -0.05) is 12.1 Å². The molecule has 3 rings (SSSR count). The number of benzene rings is 1. The molecule has 1 aromatic carbocycles. The quantitative estimate of drug-likeness (QED) is 0.909. The van der Waals surface area contributed by atoms with Crippen LogP contribution in [0.1, 0.15) is 41.0 Å². The van der Waals surface area contributed by atoms with Gasteiger partial charge in [0.2, 0.25) is 0 Å². The molecule has 2 N–H and O–H groups in total. The van der Waals surface area contributed by atoms with Crippen LogP contribution in [-0.2, 0) is 6.42 Å². The van der Waals surface area contributed by atoms with Crippen molar-refractivity contribution in [3.8, 4) is 0 Å². The number of amides is 1. The van der Waals surface area contributed by atoms with E-state index in [1.165, 1.54) is 0 Å². The Labute approximate surface area is 124 Å². The lowest BCUT2D eigenvalue weighted by Crippen LogP contribution is -2.29. The summed E-state index contributed by atoms with van der Waals surface area (Å²) in [5.74, 6) is -0.0336. The van der Waals surface area contributed by atoms with Crippen LogP contribution < -0.4 is 10.6 Å². The van der Waals surface area contributed by atoms with E-state index in [1.807, 2.05) is 43.3 Å². The van der Waals surface area contributed by atoms with E-state index < -0.39 is 0 Å². The number of carbonyl (C=O) groups excluding carboxylic acids is 1. The smallest absolute Gasteiger partial charge is 0.252 e. The number of anilines is 1. The topological polar surface area (TPSA) is 54.0 Å². The lowest BCUT2D eigenvalue weighted by Gasteiger charge is -2.21. The van der Waals surface area contributed by atoms with Crippen molar-refractivity contribution in [1.29, 1.82) is 0 Å². The number of hydrogen-bond acceptors (Lipinski definition) is 3. The molecule has 1 aliphatic rings. The Morgan fingerprint density at radius 1 is 1.29 bits per heavy atom. The van der Waals surface area contributed by atoms with Crippen molar-refractivity contribution >= 4 is 11.6 Å². The fraction of sp³-hybridized carbons (Fsp3) is 0.294. The van der Waals surface area contributed by atoms with Crippen molar-refractivity contribution in [2.45, 2.75) is 25.8 Å². The average Bonchev–Trinajstić information content (AvgIpc) is 2.55. The third-order valence-corrected chi connectivity index (χ3v) is 3.82. The summed E-state index contributed by atoms with van der Waals surface area (Å²) in [6.07, 6.45) is 3.75. The third kappa shape index (κ3) is 2.89. The van der Waals surface area contributed by atoms with Gasteiger partial charge in [-0.05, 0) is 49.6 Å². The molecule has 2 aromatic rings. The molecule has 0 radical (unpaired) electrons. The van der Waals surface area contributed by atoms with Gasteiger partial charge in [-0.3, -0.25) is 9.78 Å². The molecule has 0 saturated carbocycles. The minimum Gasteiger partial charge on any atom is -0.385 e. The van der Waals surface area contributed by atoms with Crippen LogP contribution in [0, 0.1) is 0 Å². The van der Waals surface area contributed by atoms with E-state index in [2.05, 4.69) is 15.6 Å². The van der Waals surface area contributed by atoms with Crippen LogP contribution in [-0.4, -0.2) is 17.4 Å². The van der Waals surface area contributed by atoms with E-state index in [0.29, 0.717) is 0 Å². The molecule has 1 amide bonds. The van der Waals surface area contributed by atoms with Crippen LogP contribution in [0.15, 0.2) is 42.6 Å². The van der Waals surface area contributed by atoms with E-state index in [1.54, 1.807) is 6.20 Å². The summed E-state index contributed by atoms with van der Waals surface area (Å²) in [6, 6.07) is 11.5. The average molecular weight is 281 g/mol. The van der Waals surface area contributed by atoms with Crippen molar-refractivity contribution in [3.63, 3.8) is 0 Å². The van der Waals surface area contributed by atoms with Crippen molar-refractivity contribution in [1.82, 2.24) is 10.3 Å². The lowest BCUT2D eigenvalue weighted by molar-refractivity contribution is 0.0938. The highest BCUT2D eigenvalue weighted by molar-refractivity contribution is 5.97. The molecule has 108 valence electrons. The Balaban J connectivity index is 1.80. The fourth-order valence-corrected chi connectivity index (χ4v) is 2.70. The van der Waals surface area contributed by atoms with Gasteiger partial charge in [-0.15, -0.1) is 0 Å². The molecule has 1 atom stereocenters. The Morgan fingerprint density at radius 2 is 2.19 bits per heavy atom. The first-order valence-corrected chi connectivity index (χ1v) is 7.33. The largest absolute Gasteiger partial charge is 0.385 e. The molecular weight excluding hydrogens is 262 g/mol. The third-order valence-electron chi connectivity index (χ3n) is 3.82. The molecule has 4 nitrogen and oxygen atoms in total. The highest BCUT2D eigenvalue weighted by atomic mass is 16.1. The Morgan fingerprint density at radius 3 is 3.00 bits per heavy atom. The van der Waals surface area contributed by atoms with E-state index >= 15 is 0 Å². The van der Waals surface area contributed by atoms with Gasteiger partial charge in [0.1, 0.15) is 0 Å². The highest BCUT2D eigenvalue weighted by Gasteiger charge is 2.19. The molecule has 0 aliphatic carbocycles. The molecular formula is C17H19N3O. The van der Waals surface area contributed by atoms with E-state index in [-0.39, 0.29) is 11.9 Å². The summed E-state index contributed by atoms with van der Waals surface area (Å²) in [6.45, 7) is 2.93. The van der Waals surface area contributed by atoms with Crippen LogP contribution in [0.4, 0.5) is 5.69 Å². The first kappa shape index (κ1) is 13.6. The van der Waals surface area contributed by atoms with Crippen LogP contribution in [0.3, 0.4) is 0 Å². The second kappa shape index (κ2) is 5.95. The van der Waals surface area contributed by atoms with E-state index in [9.17, 15) is 4.79 Å². The molecule has 4 heteroatoms. The zero-order valence-electron chi connectivity index (χ0n) is 12.1. The summed E-state index contributed by atoms with van der Waals surface area (Å²) in [7, 11) is 0. The second-order valence-electron chi connectivity index (χ2n) is 5.31. The van der Waals surface area contributed by atoms with Crippen molar-refractivity contribution in [2.75, 3.05) is 11.9 Å². The Bertz CT molecular complexity index is 640. The maximum Gasteiger partial charge on any atom is 0.252 e. The van der Waals surface area contributed by atoms with Gasteiger partial charge in [0, 0.05) is 24.0 Å². The van der Waals surface area contributed by atoms with Gasteiger partial charge < -0.3 is 10.6 Å². The summed E-state index contributed by atoms with van der Waals surface area (Å²) in [5.41, 5.74) is 3.84. The van der Waals surface area contributed by atoms with Gasteiger partial charge in [0.05, 0.1) is 11.7 Å². The van der Waals surface area contributed by atoms with Crippen molar-refractivity contribution in [2.24, 2.45) is 0 Å². The van der Waals surface area contributed by atoms with Gasteiger partial charge >= 0.3 is 0 Å². The summed E-state index contributed by atoms with van der Waals surface area (Å²) >= 11 is 0. The van der Waals surface area contributed by atoms with Gasteiger partial charge in [0.15, 0.2) is 0 Å². The van der Waals surface area contributed by atoms with E-state index in [0.717, 1.165) is 41.9 Å². The minimum atomic E-state index is -0.105. The second-order valence-corrected chi connectivity index (χ2v) is 5.31. The zero-order valence-corrected chi connectivity index (χ0v) is 12.1. The monoisotopic (exact) mass is 281 g/mol. The number of nitrogens with zero attached hydrogens (tertiary/aromatic N) is 1.